The molecule has 4 rings (SSSR count). The lowest BCUT2D eigenvalue weighted by atomic mass is 9.71. The van der Waals surface area contributed by atoms with Gasteiger partial charge in [0, 0.05) is 25.0 Å². The van der Waals surface area contributed by atoms with Gasteiger partial charge >= 0.3 is 0 Å². The Morgan fingerprint density at radius 1 is 1.25 bits per heavy atom. The van der Waals surface area contributed by atoms with Gasteiger partial charge in [-0.25, -0.2) is 15.0 Å². The second-order valence-electron chi connectivity index (χ2n) is 7.76. The largest absolute Gasteiger partial charge is 0.348 e. The maximum atomic E-state index is 13.3. The molecule has 0 aromatic carbocycles. The second kappa shape index (κ2) is 7.26. The van der Waals surface area contributed by atoms with Crippen LogP contribution in [0.25, 0.3) is 0 Å². The third-order valence-corrected chi connectivity index (χ3v) is 5.72. The molecule has 28 heavy (non-hydrogen) atoms. The quantitative estimate of drug-likeness (QED) is 0.874. The van der Waals surface area contributed by atoms with Crippen molar-refractivity contribution in [1.29, 1.82) is 0 Å². The number of carbonyl (C=O) groups is 2. The number of carbonyl (C=O) groups excluding carboxylic acids is 2. The van der Waals surface area contributed by atoms with Crippen LogP contribution in [-0.4, -0.2) is 44.3 Å². The fourth-order valence-electron chi connectivity index (χ4n) is 4.37. The summed E-state index contributed by atoms with van der Waals surface area (Å²) in [6, 6.07) is 1.57. The van der Waals surface area contributed by atoms with Crippen molar-refractivity contribution in [3.05, 3.63) is 41.9 Å². The number of hydrogen-bond acceptors (Lipinski definition) is 6. The van der Waals surface area contributed by atoms with E-state index in [9.17, 15) is 9.59 Å². The SMILES string of the molecule is Cc1cncc(N2CCC3(CCCC(NC(=O)c4ccnc(C)n4)C3)C2=O)n1. The molecule has 0 radical (unpaired) electrons. The van der Waals surface area contributed by atoms with Crippen molar-refractivity contribution in [2.24, 2.45) is 5.41 Å². The first-order valence-corrected chi connectivity index (χ1v) is 9.68. The van der Waals surface area contributed by atoms with Crippen molar-refractivity contribution >= 4 is 17.6 Å². The Balaban J connectivity index is 1.47. The van der Waals surface area contributed by atoms with Gasteiger partial charge in [-0.2, -0.15) is 0 Å². The van der Waals surface area contributed by atoms with E-state index in [-0.39, 0.29) is 17.9 Å². The van der Waals surface area contributed by atoms with Gasteiger partial charge in [0.1, 0.15) is 11.5 Å². The van der Waals surface area contributed by atoms with Crippen LogP contribution in [0, 0.1) is 19.3 Å². The topological polar surface area (TPSA) is 101 Å². The molecule has 1 saturated carbocycles. The lowest BCUT2D eigenvalue weighted by Gasteiger charge is -2.36. The molecule has 2 aromatic rings. The minimum Gasteiger partial charge on any atom is -0.348 e. The number of rotatable bonds is 3. The van der Waals surface area contributed by atoms with E-state index < -0.39 is 5.41 Å². The molecule has 2 aliphatic rings. The molecule has 2 amide bonds. The molecule has 1 aliphatic heterocycles. The van der Waals surface area contributed by atoms with Crippen LogP contribution in [0.4, 0.5) is 5.82 Å². The molecule has 8 nitrogen and oxygen atoms in total. The molecule has 146 valence electrons. The highest BCUT2D eigenvalue weighted by Gasteiger charge is 2.50. The van der Waals surface area contributed by atoms with Crippen molar-refractivity contribution in [3.8, 4) is 0 Å². The first kappa shape index (κ1) is 18.5. The Kier molecular flexibility index (Phi) is 4.78. The summed E-state index contributed by atoms with van der Waals surface area (Å²) in [5.41, 5.74) is 0.727. The normalized spacial score (nSPS) is 24.6. The summed E-state index contributed by atoms with van der Waals surface area (Å²) in [6.45, 7) is 4.27. The van der Waals surface area contributed by atoms with Crippen LogP contribution >= 0.6 is 0 Å². The van der Waals surface area contributed by atoms with E-state index in [4.69, 9.17) is 0 Å². The Morgan fingerprint density at radius 3 is 2.89 bits per heavy atom. The zero-order valence-electron chi connectivity index (χ0n) is 16.2. The van der Waals surface area contributed by atoms with Gasteiger partial charge in [-0.05, 0) is 45.6 Å². The van der Waals surface area contributed by atoms with Crippen LogP contribution < -0.4 is 10.2 Å². The molecule has 2 unspecified atom stereocenters. The van der Waals surface area contributed by atoms with Gasteiger partial charge in [0.25, 0.3) is 5.91 Å². The van der Waals surface area contributed by atoms with Gasteiger partial charge in [0.2, 0.25) is 5.91 Å². The summed E-state index contributed by atoms with van der Waals surface area (Å²) < 4.78 is 0. The van der Waals surface area contributed by atoms with Gasteiger partial charge in [-0.15, -0.1) is 0 Å². The smallest absolute Gasteiger partial charge is 0.270 e. The van der Waals surface area contributed by atoms with E-state index in [2.05, 4.69) is 25.3 Å². The minimum absolute atomic E-state index is 0.0379. The number of hydrogen-bond donors (Lipinski definition) is 1. The average molecular weight is 380 g/mol. The standard InChI is InChI=1S/C20H24N6O2/c1-13-11-21-12-17(23-13)26-9-7-20(19(26)28)6-3-4-15(10-20)25-18(27)16-5-8-22-14(2)24-16/h5,8,11-12,15H,3-4,6-7,9-10H2,1-2H3,(H,25,27). The van der Waals surface area contributed by atoms with Crippen LogP contribution in [0.2, 0.25) is 0 Å². The molecule has 2 atom stereocenters. The molecule has 1 aliphatic carbocycles. The first-order chi connectivity index (χ1) is 13.5. The number of anilines is 1. The fourth-order valence-corrected chi connectivity index (χ4v) is 4.37. The highest BCUT2D eigenvalue weighted by Crippen LogP contribution is 2.45. The Labute approximate surface area is 163 Å². The lowest BCUT2D eigenvalue weighted by molar-refractivity contribution is -0.127. The lowest BCUT2D eigenvalue weighted by Crippen LogP contribution is -2.46. The number of nitrogens with zero attached hydrogens (tertiary/aromatic N) is 5. The van der Waals surface area contributed by atoms with Crippen LogP contribution in [0.5, 0.6) is 0 Å². The molecule has 1 saturated heterocycles. The number of amides is 2. The fraction of sp³-hybridized carbons (Fsp3) is 0.500. The summed E-state index contributed by atoms with van der Waals surface area (Å²) in [5.74, 6) is 1.07. The highest BCUT2D eigenvalue weighted by atomic mass is 16.2. The van der Waals surface area contributed by atoms with Crippen LogP contribution in [0.1, 0.15) is 54.1 Å². The van der Waals surface area contributed by atoms with Gasteiger partial charge in [0.05, 0.1) is 17.3 Å². The molecular weight excluding hydrogens is 356 g/mol. The predicted octanol–water partition coefficient (Wildman–Crippen LogP) is 1.98. The molecule has 3 heterocycles. The maximum absolute atomic E-state index is 13.3. The van der Waals surface area contributed by atoms with E-state index in [1.165, 1.54) is 0 Å². The van der Waals surface area contributed by atoms with Crippen LogP contribution in [0.3, 0.4) is 0 Å². The van der Waals surface area contributed by atoms with E-state index in [0.29, 0.717) is 30.3 Å². The Morgan fingerprint density at radius 2 is 2.11 bits per heavy atom. The van der Waals surface area contributed by atoms with E-state index in [0.717, 1.165) is 31.4 Å². The molecular formula is C20H24N6O2. The number of nitrogens with one attached hydrogen (secondary N) is 1. The molecule has 0 bridgehead atoms. The maximum Gasteiger partial charge on any atom is 0.270 e. The van der Waals surface area contributed by atoms with Gasteiger partial charge in [-0.3, -0.25) is 19.5 Å². The highest BCUT2D eigenvalue weighted by molar-refractivity contribution is 5.99. The molecule has 8 heteroatoms. The Hall–Kier alpha value is -2.90. The van der Waals surface area contributed by atoms with Crippen molar-refractivity contribution in [3.63, 3.8) is 0 Å². The monoisotopic (exact) mass is 380 g/mol. The Bertz CT molecular complexity index is 917. The summed E-state index contributed by atoms with van der Waals surface area (Å²) in [6.07, 6.45) is 8.96. The minimum atomic E-state index is -0.427. The van der Waals surface area contributed by atoms with Crippen molar-refractivity contribution in [2.75, 3.05) is 11.4 Å². The van der Waals surface area contributed by atoms with Crippen LogP contribution in [0.15, 0.2) is 24.7 Å². The summed E-state index contributed by atoms with van der Waals surface area (Å²) in [4.78, 5) is 44.4. The van der Waals surface area contributed by atoms with E-state index in [1.54, 1.807) is 36.5 Å². The summed E-state index contributed by atoms with van der Waals surface area (Å²) >= 11 is 0. The average Bonchev–Trinajstić information content (AvgIpc) is 2.97. The van der Waals surface area contributed by atoms with Gasteiger partial charge in [-0.1, -0.05) is 6.42 Å². The van der Waals surface area contributed by atoms with Crippen molar-refractivity contribution < 1.29 is 9.59 Å². The summed E-state index contributed by atoms with van der Waals surface area (Å²) in [7, 11) is 0. The zero-order chi connectivity index (χ0) is 19.7. The zero-order valence-corrected chi connectivity index (χ0v) is 16.2. The van der Waals surface area contributed by atoms with Crippen molar-refractivity contribution in [2.45, 2.75) is 52.0 Å². The summed E-state index contributed by atoms with van der Waals surface area (Å²) in [5, 5.41) is 3.07. The van der Waals surface area contributed by atoms with E-state index in [1.807, 2.05) is 6.92 Å². The second-order valence-corrected chi connectivity index (χ2v) is 7.76. The predicted molar refractivity (Wildman–Crippen MR) is 103 cm³/mol. The van der Waals surface area contributed by atoms with Crippen molar-refractivity contribution in [1.82, 2.24) is 25.3 Å². The van der Waals surface area contributed by atoms with Crippen LogP contribution in [-0.2, 0) is 4.79 Å². The molecule has 2 aromatic heterocycles. The molecule has 1 spiro atoms. The molecule has 1 N–H and O–H groups in total. The third kappa shape index (κ3) is 3.46. The first-order valence-electron chi connectivity index (χ1n) is 9.68. The third-order valence-electron chi connectivity index (χ3n) is 5.72. The number of aromatic nitrogens is 4. The molecule has 2 fully saturated rings. The van der Waals surface area contributed by atoms with Gasteiger partial charge in [0.15, 0.2) is 5.82 Å². The van der Waals surface area contributed by atoms with E-state index >= 15 is 0 Å². The number of aryl methyl sites for hydroxylation is 2. The van der Waals surface area contributed by atoms with Gasteiger partial charge < -0.3 is 5.32 Å².